The molecule has 0 aliphatic carbocycles. The van der Waals surface area contributed by atoms with Gasteiger partial charge in [-0.3, -0.25) is 4.79 Å². The van der Waals surface area contributed by atoms with Gasteiger partial charge in [0.1, 0.15) is 0 Å². The SMILES string of the molecule is O=C(NCCCI)c1ccco1. The first kappa shape index (κ1) is 9.57. The van der Waals surface area contributed by atoms with Crippen LogP contribution in [0.15, 0.2) is 22.8 Å². The highest BCUT2D eigenvalue weighted by Crippen LogP contribution is 1.98. The Balaban J connectivity index is 2.30. The van der Waals surface area contributed by atoms with Gasteiger partial charge in [0.2, 0.25) is 0 Å². The fourth-order valence-electron chi connectivity index (χ4n) is 0.764. The molecule has 1 aromatic heterocycles. The Bertz CT molecular complexity index is 233. The number of carbonyl (C=O) groups is 1. The van der Waals surface area contributed by atoms with E-state index < -0.39 is 0 Å². The Hall–Kier alpha value is -0.520. The third-order valence-corrected chi connectivity index (χ3v) is 2.10. The number of nitrogens with one attached hydrogen (secondary N) is 1. The van der Waals surface area contributed by atoms with Gasteiger partial charge in [0, 0.05) is 11.0 Å². The molecule has 4 heteroatoms. The average molecular weight is 279 g/mol. The smallest absolute Gasteiger partial charge is 0.286 e. The summed E-state index contributed by atoms with van der Waals surface area (Å²) >= 11 is 2.27. The van der Waals surface area contributed by atoms with Gasteiger partial charge in [0.15, 0.2) is 5.76 Å². The van der Waals surface area contributed by atoms with Gasteiger partial charge in [-0.1, -0.05) is 22.6 Å². The number of hydrogen-bond acceptors (Lipinski definition) is 2. The molecule has 12 heavy (non-hydrogen) atoms. The minimum Gasteiger partial charge on any atom is -0.459 e. The molecule has 0 radical (unpaired) electrons. The van der Waals surface area contributed by atoms with Crippen LogP contribution in [0.1, 0.15) is 17.0 Å². The van der Waals surface area contributed by atoms with Crippen LogP contribution in [0.4, 0.5) is 0 Å². The van der Waals surface area contributed by atoms with E-state index in [0.29, 0.717) is 12.3 Å². The van der Waals surface area contributed by atoms with Crippen LogP contribution < -0.4 is 5.32 Å². The first-order valence-corrected chi connectivity index (χ1v) is 5.25. The molecule has 0 aromatic carbocycles. The van der Waals surface area contributed by atoms with Gasteiger partial charge in [-0.2, -0.15) is 0 Å². The molecule has 0 spiro atoms. The standard InChI is InChI=1S/C8H10INO2/c9-4-2-5-10-8(11)7-3-1-6-12-7/h1,3,6H,2,4-5H2,(H,10,11). The first-order chi connectivity index (χ1) is 5.84. The lowest BCUT2D eigenvalue weighted by Crippen LogP contribution is -2.24. The summed E-state index contributed by atoms with van der Waals surface area (Å²) < 4.78 is 5.96. The van der Waals surface area contributed by atoms with E-state index in [4.69, 9.17) is 4.42 Å². The minimum atomic E-state index is -0.134. The van der Waals surface area contributed by atoms with E-state index in [1.54, 1.807) is 12.1 Å². The Kier molecular flexibility index (Phi) is 4.13. The van der Waals surface area contributed by atoms with Crippen LogP contribution in [0, 0.1) is 0 Å². The average Bonchev–Trinajstić information content (AvgIpc) is 2.56. The Morgan fingerprint density at radius 2 is 2.50 bits per heavy atom. The Morgan fingerprint density at radius 3 is 3.08 bits per heavy atom. The van der Waals surface area contributed by atoms with E-state index in [2.05, 4.69) is 27.9 Å². The molecule has 0 aliphatic rings. The minimum absolute atomic E-state index is 0.134. The van der Waals surface area contributed by atoms with Crippen molar-refractivity contribution >= 4 is 28.5 Å². The molecule has 66 valence electrons. The van der Waals surface area contributed by atoms with E-state index in [1.165, 1.54) is 6.26 Å². The number of amides is 1. The highest BCUT2D eigenvalue weighted by atomic mass is 127. The van der Waals surface area contributed by atoms with Crippen LogP contribution in [0.25, 0.3) is 0 Å². The zero-order valence-electron chi connectivity index (χ0n) is 6.55. The molecule has 1 rings (SSSR count). The quantitative estimate of drug-likeness (QED) is 0.519. The lowest BCUT2D eigenvalue weighted by atomic mass is 10.4. The van der Waals surface area contributed by atoms with E-state index >= 15 is 0 Å². The summed E-state index contributed by atoms with van der Waals surface area (Å²) in [4.78, 5) is 11.2. The zero-order valence-corrected chi connectivity index (χ0v) is 8.71. The first-order valence-electron chi connectivity index (χ1n) is 3.72. The van der Waals surface area contributed by atoms with Crippen molar-refractivity contribution in [3.63, 3.8) is 0 Å². The number of hydrogen-bond donors (Lipinski definition) is 1. The number of carbonyl (C=O) groups excluding carboxylic acids is 1. The number of halogens is 1. The van der Waals surface area contributed by atoms with Crippen molar-refractivity contribution in [2.75, 3.05) is 11.0 Å². The number of furan rings is 1. The van der Waals surface area contributed by atoms with Crippen molar-refractivity contribution in [3.05, 3.63) is 24.2 Å². The third-order valence-electron chi connectivity index (χ3n) is 1.34. The van der Waals surface area contributed by atoms with Gasteiger partial charge in [0.25, 0.3) is 5.91 Å². The predicted octanol–water partition coefficient (Wildman–Crippen LogP) is 1.83. The van der Waals surface area contributed by atoms with Crippen LogP contribution >= 0.6 is 22.6 Å². The molecule has 1 N–H and O–H groups in total. The zero-order chi connectivity index (χ0) is 8.81. The molecule has 0 fully saturated rings. The summed E-state index contributed by atoms with van der Waals surface area (Å²) in [5, 5.41) is 2.75. The second kappa shape index (κ2) is 5.18. The molecule has 1 amide bonds. The number of alkyl halides is 1. The van der Waals surface area contributed by atoms with Crippen LogP contribution in [0.2, 0.25) is 0 Å². The lowest BCUT2D eigenvalue weighted by Gasteiger charge is -1.99. The van der Waals surface area contributed by atoms with Gasteiger partial charge < -0.3 is 9.73 Å². The summed E-state index contributed by atoms with van der Waals surface area (Å²) in [6.45, 7) is 0.711. The van der Waals surface area contributed by atoms with Gasteiger partial charge in [-0.25, -0.2) is 0 Å². The van der Waals surface area contributed by atoms with E-state index in [0.717, 1.165) is 10.8 Å². The van der Waals surface area contributed by atoms with Gasteiger partial charge in [-0.05, 0) is 18.6 Å². The van der Waals surface area contributed by atoms with Crippen molar-refractivity contribution in [1.29, 1.82) is 0 Å². The predicted molar refractivity (Wildman–Crippen MR) is 54.5 cm³/mol. The van der Waals surface area contributed by atoms with Crippen molar-refractivity contribution in [2.24, 2.45) is 0 Å². The maximum Gasteiger partial charge on any atom is 0.286 e. The summed E-state index contributed by atoms with van der Waals surface area (Å²) in [7, 11) is 0. The van der Waals surface area contributed by atoms with Gasteiger partial charge >= 0.3 is 0 Å². The summed E-state index contributed by atoms with van der Waals surface area (Å²) in [6.07, 6.45) is 2.49. The topological polar surface area (TPSA) is 42.2 Å². The summed E-state index contributed by atoms with van der Waals surface area (Å²) in [6, 6.07) is 3.35. The summed E-state index contributed by atoms with van der Waals surface area (Å²) in [5.41, 5.74) is 0. The van der Waals surface area contributed by atoms with Crippen molar-refractivity contribution in [3.8, 4) is 0 Å². The molecule has 3 nitrogen and oxygen atoms in total. The van der Waals surface area contributed by atoms with Crippen molar-refractivity contribution in [1.82, 2.24) is 5.32 Å². The van der Waals surface area contributed by atoms with Gasteiger partial charge in [0.05, 0.1) is 6.26 Å². The van der Waals surface area contributed by atoms with Crippen LogP contribution in [-0.4, -0.2) is 16.9 Å². The lowest BCUT2D eigenvalue weighted by molar-refractivity contribution is 0.0926. The van der Waals surface area contributed by atoms with E-state index in [-0.39, 0.29) is 5.91 Å². The summed E-state index contributed by atoms with van der Waals surface area (Å²) in [5.74, 6) is 0.244. The second-order valence-corrected chi connectivity index (χ2v) is 3.35. The molecule has 1 aromatic rings. The normalized spacial score (nSPS) is 9.75. The van der Waals surface area contributed by atoms with E-state index in [9.17, 15) is 4.79 Å². The molecule has 0 bridgehead atoms. The fourth-order valence-corrected chi connectivity index (χ4v) is 1.15. The molecule has 0 saturated carbocycles. The third kappa shape index (κ3) is 2.84. The maximum absolute atomic E-state index is 11.2. The van der Waals surface area contributed by atoms with Gasteiger partial charge in [-0.15, -0.1) is 0 Å². The monoisotopic (exact) mass is 279 g/mol. The number of rotatable bonds is 4. The molecular formula is C8H10INO2. The molecule has 0 saturated heterocycles. The molecule has 0 unspecified atom stereocenters. The molecule has 1 heterocycles. The van der Waals surface area contributed by atoms with Crippen molar-refractivity contribution < 1.29 is 9.21 Å². The molecule has 0 aliphatic heterocycles. The van der Waals surface area contributed by atoms with Crippen LogP contribution in [0.5, 0.6) is 0 Å². The van der Waals surface area contributed by atoms with E-state index in [1.807, 2.05) is 0 Å². The highest BCUT2D eigenvalue weighted by Gasteiger charge is 2.05. The van der Waals surface area contributed by atoms with Crippen LogP contribution in [0.3, 0.4) is 0 Å². The second-order valence-electron chi connectivity index (χ2n) is 2.28. The largest absolute Gasteiger partial charge is 0.459 e. The fraction of sp³-hybridized carbons (Fsp3) is 0.375. The highest BCUT2D eigenvalue weighted by molar-refractivity contribution is 14.1. The van der Waals surface area contributed by atoms with Crippen molar-refractivity contribution in [2.45, 2.75) is 6.42 Å². The maximum atomic E-state index is 11.2. The Labute approximate surface area is 84.7 Å². The Morgan fingerprint density at radius 1 is 1.67 bits per heavy atom. The van der Waals surface area contributed by atoms with Crippen LogP contribution in [-0.2, 0) is 0 Å². The molecule has 0 atom stereocenters. The molecular weight excluding hydrogens is 269 g/mol.